The summed E-state index contributed by atoms with van der Waals surface area (Å²) in [5, 5.41) is 19.1. The number of allylic oxidation sites excluding steroid dienone is 1. The molecule has 0 spiro atoms. The largest absolute Gasteiger partial charge is 0.192 e. The summed E-state index contributed by atoms with van der Waals surface area (Å²) in [6.07, 6.45) is 0. The SMILES string of the molecule is N#CC(C#N)=C1c2cc(-c3ccccc3)sc2-c2sc(-c3ccccc3)cc21. The zero-order valence-electron chi connectivity index (χ0n) is 14.6. The van der Waals surface area contributed by atoms with Crippen LogP contribution in [0.2, 0.25) is 0 Å². The van der Waals surface area contributed by atoms with Gasteiger partial charge in [0.15, 0.2) is 0 Å². The van der Waals surface area contributed by atoms with Gasteiger partial charge >= 0.3 is 0 Å². The minimum absolute atomic E-state index is 0.176. The summed E-state index contributed by atoms with van der Waals surface area (Å²) in [5.41, 5.74) is 5.25. The first-order chi connectivity index (χ1) is 13.8. The topological polar surface area (TPSA) is 47.6 Å². The van der Waals surface area contributed by atoms with E-state index in [4.69, 9.17) is 0 Å². The summed E-state index contributed by atoms with van der Waals surface area (Å²) in [5.74, 6) is 0. The van der Waals surface area contributed by atoms with Crippen molar-refractivity contribution in [2.24, 2.45) is 0 Å². The highest BCUT2D eigenvalue weighted by Crippen LogP contribution is 2.56. The summed E-state index contributed by atoms with van der Waals surface area (Å²) < 4.78 is 0. The minimum atomic E-state index is 0.176. The third-order valence-electron chi connectivity index (χ3n) is 4.80. The Labute approximate surface area is 170 Å². The Kier molecular flexibility index (Phi) is 3.95. The van der Waals surface area contributed by atoms with E-state index in [-0.39, 0.29) is 5.57 Å². The molecule has 0 radical (unpaired) electrons. The van der Waals surface area contributed by atoms with Crippen LogP contribution >= 0.6 is 22.7 Å². The van der Waals surface area contributed by atoms with Gasteiger partial charge < -0.3 is 0 Å². The molecule has 0 N–H and O–H groups in total. The smallest absolute Gasteiger partial charge is 0.138 e. The molecular formula is C24H12N2S2. The second kappa shape index (κ2) is 6.62. The number of hydrogen-bond acceptors (Lipinski definition) is 4. The van der Waals surface area contributed by atoms with Gasteiger partial charge in [0.25, 0.3) is 0 Å². The number of nitrogens with zero attached hydrogens (tertiary/aromatic N) is 2. The Morgan fingerprint density at radius 3 is 1.46 bits per heavy atom. The Balaban J connectivity index is 1.76. The maximum absolute atomic E-state index is 9.56. The van der Waals surface area contributed by atoms with Gasteiger partial charge in [0.05, 0.1) is 9.75 Å². The van der Waals surface area contributed by atoms with Gasteiger partial charge in [-0.15, -0.1) is 22.7 Å². The van der Waals surface area contributed by atoms with Gasteiger partial charge in [-0.1, -0.05) is 60.7 Å². The third-order valence-corrected chi connectivity index (χ3v) is 7.33. The van der Waals surface area contributed by atoms with Crippen molar-refractivity contribution >= 4 is 28.2 Å². The summed E-state index contributed by atoms with van der Waals surface area (Å²) in [4.78, 5) is 4.61. The van der Waals surface area contributed by atoms with Crippen LogP contribution in [0.15, 0.2) is 78.4 Å². The van der Waals surface area contributed by atoms with Crippen LogP contribution in [0.25, 0.3) is 36.2 Å². The van der Waals surface area contributed by atoms with Crippen molar-refractivity contribution in [3.05, 3.63) is 89.5 Å². The Hall–Kier alpha value is -3.44. The summed E-state index contributed by atoms with van der Waals surface area (Å²) in [7, 11) is 0. The van der Waals surface area contributed by atoms with E-state index < -0.39 is 0 Å². The van der Waals surface area contributed by atoms with Crippen molar-refractivity contribution in [2.75, 3.05) is 0 Å². The number of fused-ring (bicyclic) bond motifs is 3. The first-order valence-corrected chi connectivity index (χ1v) is 10.4. The fraction of sp³-hybridized carbons (Fsp3) is 0. The van der Waals surface area contributed by atoms with Crippen molar-refractivity contribution in [2.45, 2.75) is 0 Å². The van der Waals surface area contributed by atoms with Crippen molar-refractivity contribution in [1.29, 1.82) is 10.5 Å². The number of thiophene rings is 2. The molecule has 1 aliphatic carbocycles. The monoisotopic (exact) mass is 392 g/mol. The highest BCUT2D eigenvalue weighted by atomic mass is 32.1. The molecule has 5 rings (SSSR count). The lowest BCUT2D eigenvalue weighted by Crippen LogP contribution is -1.85. The maximum atomic E-state index is 9.56. The number of hydrogen-bond donors (Lipinski definition) is 0. The highest BCUT2D eigenvalue weighted by molar-refractivity contribution is 7.26. The van der Waals surface area contributed by atoms with E-state index in [1.54, 1.807) is 22.7 Å². The number of benzene rings is 2. The Morgan fingerprint density at radius 2 is 1.07 bits per heavy atom. The molecule has 0 bridgehead atoms. The van der Waals surface area contributed by atoms with E-state index in [2.05, 4.69) is 48.5 Å². The molecule has 2 nitrogen and oxygen atoms in total. The first kappa shape index (κ1) is 16.7. The number of rotatable bonds is 2. The molecule has 0 amide bonds. The van der Waals surface area contributed by atoms with Crippen molar-refractivity contribution in [1.82, 2.24) is 0 Å². The van der Waals surface area contributed by atoms with E-state index in [1.165, 1.54) is 0 Å². The molecule has 2 heterocycles. The zero-order valence-corrected chi connectivity index (χ0v) is 16.3. The van der Waals surface area contributed by atoms with Crippen molar-refractivity contribution < 1.29 is 0 Å². The van der Waals surface area contributed by atoms with Crippen LogP contribution < -0.4 is 0 Å². The van der Waals surface area contributed by atoms with Gasteiger partial charge in [0.1, 0.15) is 17.7 Å². The average Bonchev–Trinajstić information content (AvgIpc) is 3.43. The summed E-state index contributed by atoms with van der Waals surface area (Å²) in [6, 6.07) is 28.9. The standard InChI is InChI=1S/C24H12N2S2/c25-13-17(14-26)22-18-11-20(15-7-3-1-4-8-15)27-23(18)24-19(22)12-21(28-24)16-9-5-2-6-10-16/h1-12H. The van der Waals surface area contributed by atoms with Crippen LogP contribution in [0.3, 0.4) is 0 Å². The number of nitriles is 2. The summed E-state index contributed by atoms with van der Waals surface area (Å²) >= 11 is 3.45. The second-order valence-corrected chi connectivity index (χ2v) is 8.52. The zero-order chi connectivity index (χ0) is 19.1. The van der Waals surface area contributed by atoms with Crippen LogP contribution in [-0.2, 0) is 0 Å². The third kappa shape index (κ3) is 2.52. The quantitative estimate of drug-likeness (QED) is 0.304. The van der Waals surface area contributed by atoms with Gasteiger partial charge in [-0.05, 0) is 23.3 Å². The van der Waals surface area contributed by atoms with Crippen LogP contribution in [-0.4, -0.2) is 0 Å². The van der Waals surface area contributed by atoms with E-state index >= 15 is 0 Å². The average molecular weight is 393 g/mol. The van der Waals surface area contributed by atoms with Gasteiger partial charge in [-0.25, -0.2) is 0 Å². The molecule has 1 aliphatic rings. The molecule has 2 aromatic heterocycles. The molecule has 28 heavy (non-hydrogen) atoms. The van der Waals surface area contributed by atoms with Crippen LogP contribution in [0.5, 0.6) is 0 Å². The molecular weight excluding hydrogens is 380 g/mol. The van der Waals surface area contributed by atoms with Crippen LogP contribution in [0, 0.1) is 22.7 Å². The molecule has 130 valence electrons. The molecule has 0 aliphatic heterocycles. The summed E-state index contributed by atoms with van der Waals surface area (Å²) in [6.45, 7) is 0. The highest BCUT2D eigenvalue weighted by Gasteiger charge is 2.32. The second-order valence-electron chi connectivity index (χ2n) is 6.41. The lowest BCUT2D eigenvalue weighted by molar-refractivity contribution is 1.46. The minimum Gasteiger partial charge on any atom is -0.192 e. The van der Waals surface area contributed by atoms with Gasteiger partial charge in [-0.2, -0.15) is 10.5 Å². The van der Waals surface area contributed by atoms with Gasteiger partial charge in [-0.3, -0.25) is 0 Å². The van der Waals surface area contributed by atoms with Crippen molar-refractivity contribution in [3.8, 4) is 42.8 Å². The molecule has 0 atom stereocenters. The Morgan fingerprint density at radius 1 is 0.643 bits per heavy atom. The first-order valence-electron chi connectivity index (χ1n) is 8.74. The fourth-order valence-corrected chi connectivity index (χ4v) is 6.03. The van der Waals surface area contributed by atoms with Gasteiger partial charge in [0, 0.05) is 26.5 Å². The van der Waals surface area contributed by atoms with Crippen molar-refractivity contribution in [3.63, 3.8) is 0 Å². The van der Waals surface area contributed by atoms with E-state index in [0.29, 0.717) is 0 Å². The fourth-order valence-electron chi connectivity index (χ4n) is 3.53. The predicted molar refractivity (Wildman–Crippen MR) is 116 cm³/mol. The lowest BCUT2D eigenvalue weighted by Gasteiger charge is -2.00. The Bertz CT molecular complexity index is 1210. The molecule has 4 aromatic rings. The normalized spacial score (nSPS) is 11.4. The van der Waals surface area contributed by atoms with E-state index in [1.807, 2.05) is 36.4 Å². The van der Waals surface area contributed by atoms with E-state index in [0.717, 1.165) is 47.3 Å². The maximum Gasteiger partial charge on any atom is 0.138 e. The van der Waals surface area contributed by atoms with Crippen LogP contribution in [0.4, 0.5) is 0 Å². The molecule has 4 heteroatoms. The molecule has 0 unspecified atom stereocenters. The van der Waals surface area contributed by atoms with Crippen LogP contribution in [0.1, 0.15) is 11.1 Å². The predicted octanol–water partition coefficient (Wildman–Crippen LogP) is 6.97. The van der Waals surface area contributed by atoms with Gasteiger partial charge in [0.2, 0.25) is 0 Å². The molecule has 0 saturated carbocycles. The molecule has 0 saturated heterocycles. The molecule has 2 aromatic carbocycles. The lowest BCUT2D eigenvalue weighted by atomic mass is 10.00. The van der Waals surface area contributed by atoms with E-state index in [9.17, 15) is 10.5 Å². The molecule has 0 fully saturated rings.